The number of benzene rings is 2. The SMILES string of the molecule is CC(C)(C)[Si](O[C@H]1CCC(=S)NC1)(c1ccccc1)c1ccccc1. The van der Waals surface area contributed by atoms with E-state index in [-0.39, 0.29) is 11.1 Å². The summed E-state index contributed by atoms with van der Waals surface area (Å²) in [4.78, 5) is 0.960. The number of hydrogen-bond acceptors (Lipinski definition) is 2. The summed E-state index contributed by atoms with van der Waals surface area (Å²) >= 11 is 5.30. The molecule has 2 aromatic carbocycles. The Kier molecular flexibility index (Phi) is 5.42. The molecule has 1 aliphatic heterocycles. The minimum Gasteiger partial charge on any atom is -0.403 e. The van der Waals surface area contributed by atoms with Gasteiger partial charge in [0.25, 0.3) is 8.32 Å². The monoisotopic (exact) mass is 369 g/mol. The molecule has 0 radical (unpaired) electrons. The summed E-state index contributed by atoms with van der Waals surface area (Å²) in [6, 6.07) is 21.6. The van der Waals surface area contributed by atoms with E-state index in [1.807, 2.05) is 0 Å². The summed E-state index contributed by atoms with van der Waals surface area (Å²) in [7, 11) is -2.44. The lowest BCUT2D eigenvalue weighted by Gasteiger charge is -2.46. The van der Waals surface area contributed by atoms with Crippen LogP contribution in [-0.2, 0) is 4.43 Å². The molecule has 0 aliphatic carbocycles. The quantitative estimate of drug-likeness (QED) is 0.657. The van der Waals surface area contributed by atoms with Crippen LogP contribution in [-0.4, -0.2) is 26.0 Å². The lowest BCUT2D eigenvalue weighted by Crippen LogP contribution is -2.68. The van der Waals surface area contributed by atoms with Crippen molar-refractivity contribution < 1.29 is 4.43 Å². The summed E-state index contributed by atoms with van der Waals surface area (Å²) in [5, 5.41) is 6.03. The molecule has 1 fully saturated rings. The first kappa shape index (κ1) is 18.3. The maximum Gasteiger partial charge on any atom is 0.261 e. The predicted molar refractivity (Wildman–Crippen MR) is 112 cm³/mol. The van der Waals surface area contributed by atoms with Crippen molar-refractivity contribution in [2.45, 2.75) is 44.8 Å². The second-order valence-electron chi connectivity index (χ2n) is 7.75. The molecule has 1 N–H and O–H groups in total. The zero-order valence-corrected chi connectivity index (χ0v) is 17.1. The Morgan fingerprint density at radius 3 is 1.88 bits per heavy atom. The Bertz CT molecular complexity index is 662. The smallest absolute Gasteiger partial charge is 0.261 e. The van der Waals surface area contributed by atoms with Crippen LogP contribution in [0, 0.1) is 0 Å². The highest BCUT2D eigenvalue weighted by Gasteiger charge is 2.51. The van der Waals surface area contributed by atoms with Crippen LogP contribution in [0.3, 0.4) is 0 Å². The number of hydrogen-bond donors (Lipinski definition) is 1. The van der Waals surface area contributed by atoms with Crippen molar-refractivity contribution in [1.29, 1.82) is 0 Å². The molecule has 0 unspecified atom stereocenters. The number of thiocarbonyl (C=S) groups is 1. The van der Waals surface area contributed by atoms with Gasteiger partial charge in [0.15, 0.2) is 0 Å². The Labute approximate surface area is 157 Å². The van der Waals surface area contributed by atoms with Gasteiger partial charge in [0.2, 0.25) is 0 Å². The van der Waals surface area contributed by atoms with E-state index < -0.39 is 8.32 Å². The molecule has 2 nitrogen and oxygen atoms in total. The van der Waals surface area contributed by atoms with Crippen LogP contribution >= 0.6 is 12.2 Å². The second-order valence-corrected chi connectivity index (χ2v) is 12.5. The lowest BCUT2D eigenvalue weighted by molar-refractivity contribution is 0.175. The fraction of sp³-hybridized carbons (Fsp3) is 0.381. The fourth-order valence-corrected chi connectivity index (χ4v) is 8.67. The van der Waals surface area contributed by atoms with E-state index in [2.05, 4.69) is 86.8 Å². The van der Waals surface area contributed by atoms with Crippen molar-refractivity contribution in [3.63, 3.8) is 0 Å². The van der Waals surface area contributed by atoms with Gasteiger partial charge in [0.1, 0.15) is 0 Å². The third kappa shape index (κ3) is 3.71. The standard InChI is InChI=1S/C21H27NOSSi/c1-21(2,3)25(18-10-6-4-7-11-18,19-12-8-5-9-13-19)23-17-14-15-20(24)22-16-17/h4-13,17H,14-16H2,1-3H3,(H,22,24)/t17-/m0/s1. The molecule has 0 amide bonds. The van der Waals surface area contributed by atoms with Gasteiger partial charge in [-0.15, -0.1) is 0 Å². The molecule has 0 saturated carbocycles. The molecule has 132 valence electrons. The highest BCUT2D eigenvalue weighted by molar-refractivity contribution is 7.80. The van der Waals surface area contributed by atoms with Crippen LogP contribution < -0.4 is 15.7 Å². The lowest BCUT2D eigenvalue weighted by atomic mass is 10.1. The summed E-state index contributed by atoms with van der Waals surface area (Å²) in [6.07, 6.45) is 2.10. The van der Waals surface area contributed by atoms with Gasteiger partial charge in [0.05, 0.1) is 11.1 Å². The molecular weight excluding hydrogens is 342 g/mol. The van der Waals surface area contributed by atoms with Gasteiger partial charge >= 0.3 is 0 Å². The van der Waals surface area contributed by atoms with Crippen molar-refractivity contribution in [2.24, 2.45) is 0 Å². The van der Waals surface area contributed by atoms with E-state index in [9.17, 15) is 0 Å². The molecule has 25 heavy (non-hydrogen) atoms. The molecular formula is C21H27NOSSi. The molecule has 0 bridgehead atoms. The van der Waals surface area contributed by atoms with E-state index in [0.29, 0.717) is 0 Å². The fourth-order valence-electron chi connectivity index (χ4n) is 3.75. The average Bonchev–Trinajstić information content (AvgIpc) is 2.62. The molecule has 1 saturated heterocycles. The third-order valence-electron chi connectivity index (χ3n) is 4.98. The molecule has 1 aliphatic rings. The zero-order valence-electron chi connectivity index (χ0n) is 15.3. The van der Waals surface area contributed by atoms with Gasteiger partial charge < -0.3 is 9.74 Å². The van der Waals surface area contributed by atoms with Crippen molar-refractivity contribution in [1.82, 2.24) is 5.32 Å². The van der Waals surface area contributed by atoms with E-state index in [1.165, 1.54) is 10.4 Å². The largest absolute Gasteiger partial charge is 0.403 e. The van der Waals surface area contributed by atoms with Crippen molar-refractivity contribution in [3.05, 3.63) is 60.7 Å². The van der Waals surface area contributed by atoms with Gasteiger partial charge in [-0.1, -0.05) is 93.7 Å². The molecule has 2 aromatic rings. The first-order valence-corrected chi connectivity index (χ1v) is 11.3. The Morgan fingerprint density at radius 1 is 0.960 bits per heavy atom. The van der Waals surface area contributed by atoms with E-state index in [0.717, 1.165) is 24.4 Å². The highest BCUT2D eigenvalue weighted by Crippen LogP contribution is 2.38. The Morgan fingerprint density at radius 2 is 1.48 bits per heavy atom. The van der Waals surface area contributed by atoms with Crippen LogP contribution in [0.15, 0.2) is 60.7 Å². The van der Waals surface area contributed by atoms with Crippen LogP contribution in [0.1, 0.15) is 33.6 Å². The van der Waals surface area contributed by atoms with Gasteiger partial charge in [0, 0.05) is 13.0 Å². The maximum absolute atomic E-state index is 7.08. The van der Waals surface area contributed by atoms with Crippen molar-refractivity contribution in [3.8, 4) is 0 Å². The van der Waals surface area contributed by atoms with Crippen molar-refractivity contribution in [2.75, 3.05) is 6.54 Å². The zero-order chi connectivity index (χ0) is 17.9. The van der Waals surface area contributed by atoms with Crippen LogP contribution in [0.4, 0.5) is 0 Å². The Balaban J connectivity index is 2.10. The van der Waals surface area contributed by atoms with Crippen LogP contribution in [0.5, 0.6) is 0 Å². The molecule has 4 heteroatoms. The summed E-state index contributed by atoms with van der Waals surface area (Å²) in [5.74, 6) is 0. The van der Waals surface area contributed by atoms with Crippen molar-refractivity contribution >= 4 is 35.9 Å². The van der Waals surface area contributed by atoms with Gasteiger partial charge in [-0.2, -0.15) is 0 Å². The predicted octanol–water partition coefficient (Wildman–Crippen LogP) is 3.64. The van der Waals surface area contributed by atoms with Gasteiger partial charge in [-0.25, -0.2) is 0 Å². The average molecular weight is 370 g/mol. The first-order valence-electron chi connectivity index (χ1n) is 8.99. The second kappa shape index (κ2) is 7.40. The number of nitrogens with one attached hydrogen (secondary N) is 1. The van der Waals surface area contributed by atoms with E-state index in [1.54, 1.807) is 0 Å². The van der Waals surface area contributed by atoms with Crippen LogP contribution in [0.2, 0.25) is 5.04 Å². The highest BCUT2D eigenvalue weighted by atomic mass is 32.1. The minimum atomic E-state index is -2.44. The molecule has 0 aromatic heterocycles. The van der Waals surface area contributed by atoms with Gasteiger partial charge in [-0.3, -0.25) is 0 Å². The molecule has 1 heterocycles. The van der Waals surface area contributed by atoms with Crippen LogP contribution in [0.25, 0.3) is 0 Å². The summed E-state index contributed by atoms with van der Waals surface area (Å²) in [6.45, 7) is 7.77. The van der Waals surface area contributed by atoms with E-state index in [4.69, 9.17) is 16.6 Å². The summed E-state index contributed by atoms with van der Waals surface area (Å²) in [5.41, 5.74) is 0. The van der Waals surface area contributed by atoms with E-state index >= 15 is 0 Å². The number of rotatable bonds is 4. The summed E-state index contributed by atoms with van der Waals surface area (Å²) < 4.78 is 7.08. The van der Waals surface area contributed by atoms with Gasteiger partial charge in [-0.05, 0) is 21.8 Å². The normalized spacial score (nSPS) is 18.7. The number of piperidine rings is 1. The first-order chi connectivity index (χ1) is 11.9. The molecule has 1 atom stereocenters. The molecule has 0 spiro atoms. The maximum atomic E-state index is 7.08. The Hall–Kier alpha value is -1.49. The third-order valence-corrected chi connectivity index (χ3v) is 10.4. The minimum absolute atomic E-state index is 0.0215. The topological polar surface area (TPSA) is 21.3 Å². The molecule has 3 rings (SSSR count).